The Bertz CT molecular complexity index is 543. The lowest BCUT2D eigenvalue weighted by molar-refractivity contribution is 0.990. The summed E-state index contributed by atoms with van der Waals surface area (Å²) in [6, 6.07) is 5.29. The number of amidine groups is 1. The smallest absolute Gasteiger partial charge is 0.275 e. The molecule has 2 aromatic rings. The number of nitrogens with zero attached hydrogens (tertiary/aromatic N) is 1. The van der Waals surface area contributed by atoms with Crippen LogP contribution in [0.25, 0.3) is 10.6 Å². The average Bonchev–Trinajstić information content (AvgIpc) is 2.71. The Morgan fingerprint density at radius 3 is 3.00 bits per heavy atom. The Morgan fingerprint density at radius 1 is 1.60 bits per heavy atom. The first-order valence-corrected chi connectivity index (χ1v) is 5.04. The third kappa shape index (κ3) is 1.79. The lowest BCUT2D eigenvalue weighted by Gasteiger charge is -1.99. The SMILES string of the molecule is N=C(N)c1cc(-c2cccs2)n[nH]c1=O. The Kier molecular flexibility index (Phi) is 2.34. The highest BCUT2D eigenvalue weighted by Gasteiger charge is 2.07. The van der Waals surface area contributed by atoms with Gasteiger partial charge in [0.25, 0.3) is 5.56 Å². The van der Waals surface area contributed by atoms with Crippen LogP contribution in [0.4, 0.5) is 0 Å². The summed E-state index contributed by atoms with van der Waals surface area (Å²) in [6.07, 6.45) is 0. The standard InChI is InChI=1S/C9H8N4OS/c10-8(11)5-4-6(12-13-9(5)14)7-2-1-3-15-7/h1-4H,(H3,10,11)(H,13,14). The van der Waals surface area contributed by atoms with Crippen molar-refractivity contribution >= 4 is 17.2 Å². The highest BCUT2D eigenvalue weighted by molar-refractivity contribution is 7.13. The van der Waals surface area contributed by atoms with Gasteiger partial charge >= 0.3 is 0 Å². The number of nitrogen functional groups attached to an aromatic ring is 1. The summed E-state index contributed by atoms with van der Waals surface area (Å²) in [5.74, 6) is -0.253. The molecule has 5 nitrogen and oxygen atoms in total. The van der Waals surface area contributed by atoms with Crippen molar-refractivity contribution in [3.63, 3.8) is 0 Å². The van der Waals surface area contributed by atoms with E-state index in [9.17, 15) is 4.79 Å². The molecule has 2 rings (SSSR count). The van der Waals surface area contributed by atoms with Gasteiger partial charge in [-0.05, 0) is 17.5 Å². The number of aromatic amines is 1. The van der Waals surface area contributed by atoms with Gasteiger partial charge in [-0.3, -0.25) is 10.2 Å². The molecule has 0 aliphatic rings. The van der Waals surface area contributed by atoms with Crippen molar-refractivity contribution in [2.45, 2.75) is 0 Å². The number of aromatic nitrogens is 2. The van der Waals surface area contributed by atoms with E-state index in [2.05, 4.69) is 10.2 Å². The fourth-order valence-electron chi connectivity index (χ4n) is 1.16. The van der Waals surface area contributed by atoms with Crippen LogP contribution in [0.1, 0.15) is 5.56 Å². The topological polar surface area (TPSA) is 95.6 Å². The predicted molar refractivity (Wildman–Crippen MR) is 59.2 cm³/mol. The molecule has 0 aliphatic heterocycles. The van der Waals surface area contributed by atoms with Crippen molar-refractivity contribution in [1.82, 2.24) is 10.2 Å². The molecule has 0 fully saturated rings. The first kappa shape index (κ1) is 9.60. The Hall–Kier alpha value is -1.95. The molecule has 0 saturated heterocycles. The first-order chi connectivity index (χ1) is 7.18. The second-order valence-corrected chi connectivity index (χ2v) is 3.83. The molecule has 0 unspecified atom stereocenters. The second-order valence-electron chi connectivity index (χ2n) is 2.89. The van der Waals surface area contributed by atoms with E-state index in [0.29, 0.717) is 5.69 Å². The van der Waals surface area contributed by atoms with E-state index in [0.717, 1.165) is 4.88 Å². The molecule has 2 heterocycles. The summed E-state index contributed by atoms with van der Waals surface area (Å²) in [7, 11) is 0. The maximum absolute atomic E-state index is 11.2. The fraction of sp³-hybridized carbons (Fsp3) is 0. The summed E-state index contributed by atoms with van der Waals surface area (Å²) in [5.41, 5.74) is 5.60. The minimum Gasteiger partial charge on any atom is -0.384 e. The van der Waals surface area contributed by atoms with Crippen LogP contribution in [-0.4, -0.2) is 16.0 Å². The summed E-state index contributed by atoms with van der Waals surface area (Å²) >= 11 is 1.51. The fourth-order valence-corrected chi connectivity index (χ4v) is 1.84. The van der Waals surface area contributed by atoms with Crippen molar-refractivity contribution in [2.75, 3.05) is 0 Å². The molecule has 76 valence electrons. The van der Waals surface area contributed by atoms with Crippen LogP contribution >= 0.6 is 11.3 Å². The second kappa shape index (κ2) is 3.66. The van der Waals surface area contributed by atoms with Gasteiger partial charge in [-0.15, -0.1) is 11.3 Å². The van der Waals surface area contributed by atoms with Gasteiger partial charge < -0.3 is 5.73 Å². The summed E-state index contributed by atoms with van der Waals surface area (Å²) in [5, 5.41) is 15.3. The van der Waals surface area contributed by atoms with Crippen LogP contribution in [0.5, 0.6) is 0 Å². The normalized spacial score (nSPS) is 10.1. The highest BCUT2D eigenvalue weighted by Crippen LogP contribution is 2.21. The monoisotopic (exact) mass is 220 g/mol. The van der Waals surface area contributed by atoms with Crippen molar-refractivity contribution < 1.29 is 0 Å². The van der Waals surface area contributed by atoms with E-state index in [4.69, 9.17) is 11.1 Å². The molecule has 0 atom stereocenters. The largest absolute Gasteiger partial charge is 0.384 e. The molecule has 4 N–H and O–H groups in total. The van der Waals surface area contributed by atoms with Gasteiger partial charge in [-0.2, -0.15) is 5.10 Å². The van der Waals surface area contributed by atoms with Crippen LogP contribution in [0.2, 0.25) is 0 Å². The average molecular weight is 220 g/mol. The van der Waals surface area contributed by atoms with Crippen LogP contribution < -0.4 is 11.3 Å². The van der Waals surface area contributed by atoms with Crippen LogP contribution in [0.3, 0.4) is 0 Å². The van der Waals surface area contributed by atoms with Crippen LogP contribution in [-0.2, 0) is 0 Å². The number of hydrogen-bond donors (Lipinski definition) is 3. The maximum Gasteiger partial charge on any atom is 0.275 e. The van der Waals surface area contributed by atoms with Gasteiger partial charge in [-0.25, -0.2) is 5.10 Å². The van der Waals surface area contributed by atoms with E-state index in [1.165, 1.54) is 17.4 Å². The van der Waals surface area contributed by atoms with Gasteiger partial charge in [0.05, 0.1) is 10.4 Å². The zero-order valence-electron chi connectivity index (χ0n) is 7.65. The van der Waals surface area contributed by atoms with Gasteiger partial charge in [0.15, 0.2) is 0 Å². The van der Waals surface area contributed by atoms with Crippen molar-refractivity contribution in [1.29, 1.82) is 5.41 Å². The van der Waals surface area contributed by atoms with Gasteiger partial charge in [-0.1, -0.05) is 6.07 Å². The molecule has 15 heavy (non-hydrogen) atoms. The molecular formula is C9H8N4OS. The van der Waals surface area contributed by atoms with Crippen molar-refractivity contribution in [3.05, 3.63) is 39.5 Å². The molecule has 0 aromatic carbocycles. The summed E-state index contributed by atoms with van der Waals surface area (Å²) in [6.45, 7) is 0. The molecule has 6 heteroatoms. The third-order valence-corrected chi connectivity index (χ3v) is 2.76. The minimum absolute atomic E-state index is 0.147. The number of nitrogens with one attached hydrogen (secondary N) is 2. The molecule has 0 bridgehead atoms. The third-order valence-electron chi connectivity index (χ3n) is 1.87. The maximum atomic E-state index is 11.2. The van der Waals surface area contributed by atoms with E-state index in [1.54, 1.807) is 0 Å². The number of hydrogen-bond acceptors (Lipinski definition) is 4. The molecule has 0 radical (unpaired) electrons. The molecule has 0 saturated carbocycles. The lowest BCUT2D eigenvalue weighted by Crippen LogP contribution is -2.24. The molecule has 0 amide bonds. The zero-order valence-corrected chi connectivity index (χ0v) is 8.47. The van der Waals surface area contributed by atoms with E-state index >= 15 is 0 Å². The van der Waals surface area contributed by atoms with E-state index < -0.39 is 5.56 Å². The molecule has 0 aliphatic carbocycles. The number of H-pyrrole nitrogens is 1. The van der Waals surface area contributed by atoms with Gasteiger partial charge in [0.1, 0.15) is 11.5 Å². The number of nitrogens with two attached hydrogens (primary N) is 1. The summed E-state index contributed by atoms with van der Waals surface area (Å²) < 4.78 is 0. The number of thiophene rings is 1. The minimum atomic E-state index is -0.442. The van der Waals surface area contributed by atoms with Crippen molar-refractivity contribution in [3.8, 4) is 10.6 Å². The molecule has 2 aromatic heterocycles. The Labute approximate surface area is 89.1 Å². The van der Waals surface area contributed by atoms with Gasteiger partial charge in [0, 0.05) is 0 Å². The quantitative estimate of drug-likeness (QED) is 0.515. The van der Waals surface area contributed by atoms with Crippen molar-refractivity contribution in [2.24, 2.45) is 5.73 Å². The summed E-state index contributed by atoms with van der Waals surface area (Å²) in [4.78, 5) is 12.2. The zero-order chi connectivity index (χ0) is 10.8. The Morgan fingerprint density at radius 2 is 2.40 bits per heavy atom. The van der Waals surface area contributed by atoms with Crippen LogP contribution in [0, 0.1) is 5.41 Å². The Balaban J connectivity index is 2.57. The molecular weight excluding hydrogens is 212 g/mol. The van der Waals surface area contributed by atoms with Gasteiger partial charge in [0.2, 0.25) is 0 Å². The predicted octanol–water partition coefficient (Wildman–Crippen LogP) is 0.782. The number of rotatable bonds is 2. The first-order valence-electron chi connectivity index (χ1n) is 4.16. The van der Waals surface area contributed by atoms with E-state index in [1.807, 2.05) is 17.5 Å². The van der Waals surface area contributed by atoms with Crippen LogP contribution in [0.15, 0.2) is 28.4 Å². The lowest BCUT2D eigenvalue weighted by atomic mass is 10.2. The highest BCUT2D eigenvalue weighted by atomic mass is 32.1. The van der Waals surface area contributed by atoms with E-state index in [-0.39, 0.29) is 11.4 Å². The molecule has 0 spiro atoms.